The maximum atomic E-state index is 14.6. The number of rotatable bonds is 5. The van der Waals surface area contributed by atoms with Gasteiger partial charge in [-0.1, -0.05) is 6.07 Å². The predicted molar refractivity (Wildman–Crippen MR) is 109 cm³/mol. The third-order valence-electron chi connectivity index (χ3n) is 4.57. The number of non-ortho nitro benzene ring substituents is 1. The number of benzene rings is 2. The van der Waals surface area contributed by atoms with Crippen molar-refractivity contribution in [3.63, 3.8) is 0 Å². The van der Waals surface area contributed by atoms with Crippen LogP contribution >= 0.6 is 11.3 Å². The van der Waals surface area contributed by atoms with E-state index in [1.807, 2.05) is 0 Å². The fraction of sp³-hybridized carbons (Fsp3) is 0.150. The van der Waals surface area contributed by atoms with Gasteiger partial charge in [-0.05, 0) is 25.1 Å². The van der Waals surface area contributed by atoms with Gasteiger partial charge in [-0.25, -0.2) is 14.2 Å². The molecule has 2 aromatic heterocycles. The Labute approximate surface area is 172 Å². The van der Waals surface area contributed by atoms with Gasteiger partial charge in [0.1, 0.15) is 10.7 Å². The highest BCUT2D eigenvalue weighted by atomic mass is 32.1. The lowest BCUT2D eigenvalue weighted by molar-refractivity contribution is -0.384. The molecule has 4 aromatic rings. The summed E-state index contributed by atoms with van der Waals surface area (Å²) in [5.74, 6) is -1.13. The van der Waals surface area contributed by atoms with E-state index in [2.05, 4.69) is 4.98 Å². The first-order chi connectivity index (χ1) is 14.4. The number of esters is 1. The topological polar surface area (TPSA) is 104 Å². The number of aromatic nitrogens is 2. The molecule has 0 amide bonds. The fourth-order valence-electron chi connectivity index (χ4n) is 3.22. The second kappa shape index (κ2) is 7.64. The van der Waals surface area contributed by atoms with Crippen LogP contribution in [0.2, 0.25) is 0 Å². The van der Waals surface area contributed by atoms with Crippen LogP contribution in [-0.4, -0.2) is 27.1 Å². The van der Waals surface area contributed by atoms with Crippen molar-refractivity contribution in [1.29, 1.82) is 0 Å². The molecule has 0 spiro atoms. The first kappa shape index (κ1) is 19.6. The quantitative estimate of drug-likeness (QED) is 0.272. The van der Waals surface area contributed by atoms with Gasteiger partial charge >= 0.3 is 5.97 Å². The van der Waals surface area contributed by atoms with Crippen molar-refractivity contribution >= 4 is 44.0 Å². The minimum absolute atomic E-state index is 0.0596. The number of halogens is 1. The molecule has 2 heterocycles. The molecule has 0 saturated carbocycles. The van der Waals surface area contributed by atoms with Crippen molar-refractivity contribution in [2.24, 2.45) is 0 Å². The molecule has 4 rings (SSSR count). The van der Waals surface area contributed by atoms with Crippen LogP contribution in [0.1, 0.15) is 22.2 Å². The Morgan fingerprint density at radius 2 is 2.13 bits per heavy atom. The molecule has 152 valence electrons. The van der Waals surface area contributed by atoms with E-state index in [4.69, 9.17) is 4.74 Å². The molecule has 0 saturated heterocycles. The third-order valence-corrected chi connectivity index (χ3v) is 5.75. The summed E-state index contributed by atoms with van der Waals surface area (Å²) < 4.78 is 21.4. The van der Waals surface area contributed by atoms with E-state index in [1.165, 1.54) is 35.2 Å². The second-order valence-corrected chi connectivity index (χ2v) is 7.43. The minimum atomic E-state index is -0.606. The molecule has 0 aliphatic rings. The number of nitrogens with zero attached hydrogens (tertiary/aromatic N) is 3. The van der Waals surface area contributed by atoms with E-state index >= 15 is 0 Å². The number of carbonyl (C=O) groups excluding carboxylic acids is 1. The van der Waals surface area contributed by atoms with Crippen molar-refractivity contribution < 1.29 is 18.8 Å². The lowest BCUT2D eigenvalue weighted by atomic mass is 10.1. The van der Waals surface area contributed by atoms with Crippen molar-refractivity contribution in [2.45, 2.75) is 13.5 Å². The maximum absolute atomic E-state index is 14.6. The van der Waals surface area contributed by atoms with Gasteiger partial charge in [0.2, 0.25) is 0 Å². The van der Waals surface area contributed by atoms with Crippen molar-refractivity contribution in [3.8, 4) is 0 Å². The molecule has 0 fully saturated rings. The Balaban J connectivity index is 1.90. The van der Waals surface area contributed by atoms with Crippen molar-refractivity contribution in [3.05, 3.63) is 79.5 Å². The standard InChI is InChI=1S/C20H14FN3O5S/c1-2-29-20(26)18-13(17-14(21)4-3-5-16(17)30-18)9-23-10-22-15-7-6-11(24(27)28)8-12(15)19(23)25/h3-8,10H,2,9H2,1H3. The van der Waals surface area contributed by atoms with E-state index in [0.717, 1.165) is 17.4 Å². The van der Waals surface area contributed by atoms with Gasteiger partial charge in [0.05, 0.1) is 35.3 Å². The molecule has 0 bridgehead atoms. The third kappa shape index (κ3) is 3.30. The molecule has 2 aromatic carbocycles. The molecule has 0 N–H and O–H groups in total. The van der Waals surface area contributed by atoms with E-state index in [1.54, 1.807) is 13.0 Å². The number of carbonyl (C=O) groups is 1. The molecule has 0 aliphatic carbocycles. The zero-order chi connectivity index (χ0) is 21.4. The lowest BCUT2D eigenvalue weighted by Crippen LogP contribution is -2.22. The van der Waals surface area contributed by atoms with Crippen LogP contribution in [0.5, 0.6) is 0 Å². The fourth-order valence-corrected chi connectivity index (χ4v) is 4.34. The van der Waals surface area contributed by atoms with E-state index in [-0.39, 0.29) is 34.5 Å². The van der Waals surface area contributed by atoms with Crippen LogP contribution in [0, 0.1) is 15.9 Å². The highest BCUT2D eigenvalue weighted by Gasteiger charge is 2.23. The van der Waals surface area contributed by atoms with Gasteiger partial charge in [0.25, 0.3) is 11.2 Å². The number of hydrogen-bond donors (Lipinski definition) is 0. The van der Waals surface area contributed by atoms with E-state index in [9.17, 15) is 24.1 Å². The van der Waals surface area contributed by atoms with E-state index < -0.39 is 22.3 Å². The van der Waals surface area contributed by atoms with Crippen LogP contribution in [0.15, 0.2) is 47.5 Å². The normalized spacial score (nSPS) is 11.1. The minimum Gasteiger partial charge on any atom is -0.462 e. The Hall–Kier alpha value is -3.66. The molecule has 10 heteroatoms. The summed E-state index contributed by atoms with van der Waals surface area (Å²) in [6, 6.07) is 8.30. The molecule has 8 nitrogen and oxygen atoms in total. The Bertz CT molecular complexity index is 1380. The number of thiophene rings is 1. The predicted octanol–water partition coefficient (Wildman–Crippen LogP) is 3.88. The van der Waals surface area contributed by atoms with Gasteiger partial charge in [0.15, 0.2) is 0 Å². The molecule has 0 unspecified atom stereocenters. The van der Waals surface area contributed by atoms with Crippen LogP contribution in [0.4, 0.5) is 10.1 Å². The van der Waals surface area contributed by atoms with Gasteiger partial charge in [0, 0.05) is 27.8 Å². The number of ether oxygens (including phenoxy) is 1. The van der Waals surface area contributed by atoms with Crippen molar-refractivity contribution in [1.82, 2.24) is 9.55 Å². The van der Waals surface area contributed by atoms with Gasteiger partial charge in [-0.3, -0.25) is 19.5 Å². The van der Waals surface area contributed by atoms with Crippen LogP contribution < -0.4 is 5.56 Å². The van der Waals surface area contributed by atoms with Crippen LogP contribution in [0.3, 0.4) is 0 Å². The highest BCUT2D eigenvalue weighted by Crippen LogP contribution is 2.34. The first-order valence-electron chi connectivity index (χ1n) is 8.91. The average molecular weight is 427 g/mol. The zero-order valence-corrected chi connectivity index (χ0v) is 16.4. The smallest absolute Gasteiger partial charge is 0.348 e. The zero-order valence-electron chi connectivity index (χ0n) is 15.6. The summed E-state index contributed by atoms with van der Waals surface area (Å²) in [5.41, 5.74) is -0.165. The average Bonchev–Trinajstić information content (AvgIpc) is 3.10. The first-order valence-corrected chi connectivity index (χ1v) is 9.73. The molecule has 0 atom stereocenters. The van der Waals surface area contributed by atoms with Crippen molar-refractivity contribution in [2.75, 3.05) is 6.61 Å². The Morgan fingerprint density at radius 1 is 1.33 bits per heavy atom. The number of fused-ring (bicyclic) bond motifs is 2. The largest absolute Gasteiger partial charge is 0.462 e. The molecule has 0 radical (unpaired) electrons. The van der Waals surface area contributed by atoms with Crippen LogP contribution in [-0.2, 0) is 11.3 Å². The van der Waals surface area contributed by atoms with Gasteiger partial charge in [-0.15, -0.1) is 11.3 Å². The summed E-state index contributed by atoms with van der Waals surface area (Å²) in [4.78, 5) is 40.2. The summed E-state index contributed by atoms with van der Waals surface area (Å²) in [6.07, 6.45) is 1.27. The summed E-state index contributed by atoms with van der Waals surface area (Å²) in [5, 5.41) is 11.3. The highest BCUT2D eigenvalue weighted by molar-refractivity contribution is 7.21. The van der Waals surface area contributed by atoms with E-state index in [0.29, 0.717) is 15.8 Å². The monoisotopic (exact) mass is 427 g/mol. The summed E-state index contributed by atoms with van der Waals surface area (Å²) in [7, 11) is 0. The SMILES string of the molecule is CCOC(=O)c1sc2cccc(F)c2c1Cn1cnc2ccc([N+](=O)[O-])cc2c1=O. The lowest BCUT2D eigenvalue weighted by Gasteiger charge is -2.09. The number of nitro groups is 1. The summed E-state index contributed by atoms with van der Waals surface area (Å²) in [6.45, 7) is 1.67. The number of hydrogen-bond acceptors (Lipinski definition) is 7. The second-order valence-electron chi connectivity index (χ2n) is 6.38. The molecular formula is C20H14FN3O5S. The Morgan fingerprint density at radius 3 is 2.87 bits per heavy atom. The van der Waals surface area contributed by atoms with Crippen LogP contribution in [0.25, 0.3) is 21.0 Å². The molecule has 30 heavy (non-hydrogen) atoms. The molecular weight excluding hydrogens is 413 g/mol. The van der Waals surface area contributed by atoms with Gasteiger partial charge in [-0.2, -0.15) is 0 Å². The molecule has 0 aliphatic heterocycles. The summed E-state index contributed by atoms with van der Waals surface area (Å²) >= 11 is 1.08. The number of nitro benzene ring substituents is 1. The van der Waals surface area contributed by atoms with Gasteiger partial charge < -0.3 is 4.74 Å². The maximum Gasteiger partial charge on any atom is 0.348 e. The Kier molecular flexibility index (Phi) is 5.00.